The van der Waals surface area contributed by atoms with Gasteiger partial charge in [0, 0.05) is 37.1 Å². The highest BCUT2D eigenvalue weighted by atomic mass is 32.2. The minimum atomic E-state index is -2.99. The SMILES string of the molecule is O=S1(=O)C=CC(N2CCNCC2c2ccccc2)C1. The molecule has 19 heavy (non-hydrogen) atoms. The third-order valence-electron chi connectivity index (χ3n) is 3.81. The molecule has 0 amide bonds. The van der Waals surface area contributed by atoms with Crippen molar-refractivity contribution in [3.63, 3.8) is 0 Å². The minimum Gasteiger partial charge on any atom is -0.314 e. The summed E-state index contributed by atoms with van der Waals surface area (Å²) in [6, 6.07) is 10.5. The predicted molar refractivity (Wildman–Crippen MR) is 75.5 cm³/mol. The Kier molecular flexibility index (Phi) is 3.43. The standard InChI is InChI=1S/C14H18N2O2S/c17-19(18)9-6-13(11-19)16-8-7-15-10-14(16)12-4-2-1-3-5-12/h1-6,9,13-15H,7-8,10-11H2. The van der Waals surface area contributed by atoms with Crippen LogP contribution in [0, 0.1) is 0 Å². The molecule has 5 heteroatoms. The number of rotatable bonds is 2. The van der Waals surface area contributed by atoms with Crippen molar-refractivity contribution in [2.75, 3.05) is 25.4 Å². The van der Waals surface area contributed by atoms with Crippen LogP contribution in [0.25, 0.3) is 0 Å². The largest absolute Gasteiger partial charge is 0.314 e. The first-order valence-corrected chi connectivity index (χ1v) is 8.30. The molecule has 3 rings (SSSR count). The van der Waals surface area contributed by atoms with Crippen LogP contribution in [0.2, 0.25) is 0 Å². The van der Waals surface area contributed by atoms with Crippen molar-refractivity contribution in [2.24, 2.45) is 0 Å². The third-order valence-corrected chi connectivity index (χ3v) is 5.18. The highest BCUT2D eigenvalue weighted by Crippen LogP contribution is 2.27. The van der Waals surface area contributed by atoms with Crippen molar-refractivity contribution in [2.45, 2.75) is 12.1 Å². The number of benzene rings is 1. The molecule has 1 aromatic rings. The zero-order chi connectivity index (χ0) is 13.3. The first-order valence-electron chi connectivity index (χ1n) is 6.58. The molecule has 1 N–H and O–H groups in total. The van der Waals surface area contributed by atoms with Crippen molar-refractivity contribution >= 4 is 9.84 Å². The molecular weight excluding hydrogens is 260 g/mol. The van der Waals surface area contributed by atoms with E-state index < -0.39 is 9.84 Å². The van der Waals surface area contributed by atoms with Crippen LogP contribution in [0.5, 0.6) is 0 Å². The van der Waals surface area contributed by atoms with Crippen LogP contribution >= 0.6 is 0 Å². The van der Waals surface area contributed by atoms with E-state index in [1.807, 2.05) is 24.3 Å². The maximum absolute atomic E-state index is 11.6. The zero-order valence-electron chi connectivity index (χ0n) is 10.7. The molecule has 1 aromatic carbocycles. The summed E-state index contributed by atoms with van der Waals surface area (Å²) in [6.45, 7) is 2.66. The molecule has 1 saturated heterocycles. The Morgan fingerprint density at radius 2 is 2.00 bits per heavy atom. The molecule has 102 valence electrons. The van der Waals surface area contributed by atoms with Gasteiger partial charge in [0.05, 0.1) is 5.75 Å². The summed E-state index contributed by atoms with van der Waals surface area (Å²) in [4.78, 5) is 2.30. The van der Waals surface area contributed by atoms with Crippen LogP contribution in [0.4, 0.5) is 0 Å². The van der Waals surface area contributed by atoms with Gasteiger partial charge < -0.3 is 5.32 Å². The van der Waals surface area contributed by atoms with Crippen LogP contribution in [0.3, 0.4) is 0 Å². The lowest BCUT2D eigenvalue weighted by Crippen LogP contribution is -2.50. The number of nitrogens with zero attached hydrogens (tertiary/aromatic N) is 1. The van der Waals surface area contributed by atoms with Gasteiger partial charge in [-0.15, -0.1) is 0 Å². The monoisotopic (exact) mass is 278 g/mol. The highest BCUT2D eigenvalue weighted by Gasteiger charge is 2.33. The Hall–Kier alpha value is -1.17. The van der Waals surface area contributed by atoms with Gasteiger partial charge in [-0.1, -0.05) is 36.4 Å². The van der Waals surface area contributed by atoms with Crippen LogP contribution in [-0.2, 0) is 9.84 Å². The Morgan fingerprint density at radius 1 is 1.21 bits per heavy atom. The van der Waals surface area contributed by atoms with Crippen molar-refractivity contribution < 1.29 is 8.42 Å². The second-order valence-corrected chi connectivity index (χ2v) is 7.03. The van der Waals surface area contributed by atoms with E-state index in [4.69, 9.17) is 0 Å². The van der Waals surface area contributed by atoms with E-state index in [9.17, 15) is 8.42 Å². The lowest BCUT2D eigenvalue weighted by atomic mass is 10.0. The molecular formula is C14H18N2O2S. The summed E-state index contributed by atoms with van der Waals surface area (Å²) in [5, 5.41) is 4.76. The average Bonchev–Trinajstić information content (AvgIpc) is 2.80. The summed E-state index contributed by atoms with van der Waals surface area (Å²) in [5.74, 6) is 0.219. The summed E-state index contributed by atoms with van der Waals surface area (Å²) < 4.78 is 23.2. The highest BCUT2D eigenvalue weighted by molar-refractivity contribution is 7.94. The zero-order valence-corrected chi connectivity index (χ0v) is 11.5. The second-order valence-electron chi connectivity index (χ2n) is 5.09. The van der Waals surface area contributed by atoms with Gasteiger partial charge in [-0.05, 0) is 5.56 Å². The summed E-state index contributed by atoms with van der Waals surface area (Å²) in [5.41, 5.74) is 1.24. The average molecular weight is 278 g/mol. The van der Waals surface area contributed by atoms with Crippen molar-refractivity contribution in [1.29, 1.82) is 0 Å². The number of nitrogens with one attached hydrogen (secondary N) is 1. The van der Waals surface area contributed by atoms with E-state index in [1.165, 1.54) is 11.0 Å². The van der Waals surface area contributed by atoms with Crippen LogP contribution in [0.15, 0.2) is 41.8 Å². The number of sulfone groups is 1. The van der Waals surface area contributed by atoms with E-state index in [0.29, 0.717) is 0 Å². The molecule has 2 atom stereocenters. The quantitative estimate of drug-likeness (QED) is 0.875. The van der Waals surface area contributed by atoms with E-state index in [2.05, 4.69) is 22.3 Å². The van der Waals surface area contributed by atoms with Crippen molar-refractivity contribution in [1.82, 2.24) is 10.2 Å². The maximum Gasteiger partial charge on any atom is 0.173 e. The molecule has 1 fully saturated rings. The Balaban J connectivity index is 1.85. The molecule has 0 spiro atoms. The summed E-state index contributed by atoms with van der Waals surface area (Å²) in [6.07, 6.45) is 1.83. The van der Waals surface area contributed by atoms with E-state index in [1.54, 1.807) is 0 Å². The summed E-state index contributed by atoms with van der Waals surface area (Å²) >= 11 is 0. The third kappa shape index (κ3) is 2.73. The van der Waals surface area contributed by atoms with Gasteiger partial charge in [0.25, 0.3) is 0 Å². The maximum atomic E-state index is 11.6. The van der Waals surface area contributed by atoms with Crippen LogP contribution in [0.1, 0.15) is 11.6 Å². The van der Waals surface area contributed by atoms with Gasteiger partial charge >= 0.3 is 0 Å². The van der Waals surface area contributed by atoms with E-state index in [-0.39, 0.29) is 17.8 Å². The fourth-order valence-electron chi connectivity index (χ4n) is 2.87. The lowest BCUT2D eigenvalue weighted by molar-refractivity contribution is 0.140. The molecule has 0 aromatic heterocycles. The normalized spacial score (nSPS) is 30.5. The van der Waals surface area contributed by atoms with Crippen LogP contribution in [-0.4, -0.2) is 44.7 Å². The van der Waals surface area contributed by atoms with Gasteiger partial charge in [-0.25, -0.2) is 8.42 Å². The van der Waals surface area contributed by atoms with E-state index in [0.717, 1.165) is 19.6 Å². The van der Waals surface area contributed by atoms with Gasteiger partial charge in [-0.2, -0.15) is 0 Å². The first-order chi connectivity index (χ1) is 9.16. The molecule has 2 unspecified atom stereocenters. The molecule has 4 nitrogen and oxygen atoms in total. The molecule has 2 aliphatic heterocycles. The van der Waals surface area contributed by atoms with Crippen molar-refractivity contribution in [3.8, 4) is 0 Å². The number of hydrogen-bond acceptors (Lipinski definition) is 4. The Bertz CT molecular complexity index is 568. The van der Waals surface area contributed by atoms with Crippen LogP contribution < -0.4 is 5.32 Å². The molecule has 0 saturated carbocycles. The topological polar surface area (TPSA) is 49.4 Å². The molecule has 0 aliphatic carbocycles. The Morgan fingerprint density at radius 3 is 2.68 bits per heavy atom. The van der Waals surface area contributed by atoms with Gasteiger partial charge in [0.2, 0.25) is 0 Å². The van der Waals surface area contributed by atoms with Gasteiger partial charge in [0.15, 0.2) is 9.84 Å². The first kappa shape index (κ1) is 12.8. The second kappa shape index (κ2) is 5.07. The smallest absolute Gasteiger partial charge is 0.173 e. The number of piperazine rings is 1. The van der Waals surface area contributed by atoms with Gasteiger partial charge in [0.1, 0.15) is 0 Å². The predicted octanol–water partition coefficient (Wildman–Crippen LogP) is 0.944. The molecule has 2 aliphatic rings. The lowest BCUT2D eigenvalue weighted by Gasteiger charge is -2.39. The minimum absolute atomic E-state index is 0.0114. The fourth-order valence-corrected chi connectivity index (χ4v) is 4.18. The van der Waals surface area contributed by atoms with E-state index >= 15 is 0 Å². The Labute approximate surface area is 114 Å². The van der Waals surface area contributed by atoms with Gasteiger partial charge in [-0.3, -0.25) is 4.90 Å². The molecule has 2 heterocycles. The molecule has 0 radical (unpaired) electrons. The van der Waals surface area contributed by atoms with Crippen molar-refractivity contribution in [3.05, 3.63) is 47.4 Å². The fraction of sp³-hybridized carbons (Fsp3) is 0.429. The molecule has 0 bridgehead atoms. The number of hydrogen-bond donors (Lipinski definition) is 1. The summed E-state index contributed by atoms with van der Waals surface area (Å²) in [7, 11) is -2.99.